The monoisotopic (exact) mass is 276 g/mol. The summed E-state index contributed by atoms with van der Waals surface area (Å²) >= 11 is 0. The number of unbranched alkanes of at least 4 members (excludes halogenated alkanes) is 1. The van der Waals surface area contributed by atoms with Gasteiger partial charge in [0, 0.05) is 25.0 Å². The van der Waals surface area contributed by atoms with Crippen LogP contribution in [0, 0.1) is 0 Å². The number of hydrogen-bond acceptors (Lipinski definition) is 4. The quantitative estimate of drug-likeness (QED) is 0.817. The topological polar surface area (TPSA) is 84.4 Å². The molecule has 1 aliphatic rings. The number of aliphatic carboxylic acids is 1. The number of ether oxygens (including phenoxy) is 2. The summed E-state index contributed by atoms with van der Waals surface area (Å²) in [6.45, 7) is 1.12. The summed E-state index contributed by atoms with van der Waals surface area (Å²) in [6.07, 6.45) is 2.42. The summed E-state index contributed by atoms with van der Waals surface area (Å²) in [7, 11) is 0. The third-order valence-electron chi connectivity index (χ3n) is 3.25. The summed E-state index contributed by atoms with van der Waals surface area (Å²) in [5.41, 5.74) is 1.77. The molecule has 0 spiro atoms. The van der Waals surface area contributed by atoms with Gasteiger partial charge in [-0.2, -0.15) is 0 Å². The zero-order valence-electron chi connectivity index (χ0n) is 11.0. The van der Waals surface area contributed by atoms with Gasteiger partial charge in [-0.05, 0) is 12.8 Å². The van der Waals surface area contributed by atoms with Gasteiger partial charge >= 0.3 is 5.97 Å². The van der Waals surface area contributed by atoms with Crippen LogP contribution in [0.5, 0.6) is 11.5 Å². The van der Waals surface area contributed by atoms with Crippen LogP contribution in [0.15, 0.2) is 12.1 Å². The Hall–Kier alpha value is -2.24. The maximum Gasteiger partial charge on any atom is 0.303 e. The van der Waals surface area contributed by atoms with E-state index >= 15 is 0 Å². The van der Waals surface area contributed by atoms with Crippen molar-refractivity contribution >= 4 is 17.0 Å². The molecule has 3 rings (SSSR count). The van der Waals surface area contributed by atoms with E-state index in [0.717, 1.165) is 41.2 Å². The summed E-state index contributed by atoms with van der Waals surface area (Å²) in [4.78, 5) is 18.2. The molecule has 1 aromatic heterocycles. The van der Waals surface area contributed by atoms with Crippen LogP contribution in [0.3, 0.4) is 0 Å². The first-order valence-electron chi connectivity index (χ1n) is 6.72. The van der Waals surface area contributed by atoms with Gasteiger partial charge in [-0.15, -0.1) is 0 Å². The maximum atomic E-state index is 10.4. The Kier molecular flexibility index (Phi) is 3.45. The predicted octanol–water partition coefficient (Wildman–Crippen LogP) is 2.13. The summed E-state index contributed by atoms with van der Waals surface area (Å²) < 4.78 is 11.0. The Balaban J connectivity index is 1.72. The van der Waals surface area contributed by atoms with E-state index in [0.29, 0.717) is 19.6 Å². The number of H-pyrrole nitrogens is 1. The number of fused-ring (bicyclic) bond motifs is 2. The minimum Gasteiger partial charge on any atom is -0.486 e. The van der Waals surface area contributed by atoms with Crippen molar-refractivity contribution in [1.82, 2.24) is 9.97 Å². The molecule has 106 valence electrons. The van der Waals surface area contributed by atoms with E-state index in [9.17, 15) is 4.79 Å². The fourth-order valence-corrected chi connectivity index (χ4v) is 2.29. The number of carboxylic acid groups (broad SMARTS) is 1. The number of aromatic nitrogens is 2. The van der Waals surface area contributed by atoms with Crippen LogP contribution >= 0.6 is 0 Å². The lowest BCUT2D eigenvalue weighted by Crippen LogP contribution is -2.15. The lowest BCUT2D eigenvalue weighted by Gasteiger charge is -2.17. The van der Waals surface area contributed by atoms with Crippen LogP contribution < -0.4 is 9.47 Å². The summed E-state index contributed by atoms with van der Waals surface area (Å²) in [5.74, 6) is 1.59. The third kappa shape index (κ3) is 2.68. The van der Waals surface area contributed by atoms with E-state index < -0.39 is 5.97 Å². The van der Waals surface area contributed by atoms with E-state index in [1.807, 2.05) is 12.1 Å². The van der Waals surface area contributed by atoms with E-state index in [4.69, 9.17) is 14.6 Å². The lowest BCUT2D eigenvalue weighted by atomic mass is 10.2. The highest BCUT2D eigenvalue weighted by Gasteiger charge is 2.14. The molecule has 20 heavy (non-hydrogen) atoms. The Morgan fingerprint density at radius 1 is 1.25 bits per heavy atom. The van der Waals surface area contributed by atoms with Crippen LogP contribution in [0.2, 0.25) is 0 Å². The second kappa shape index (κ2) is 5.40. The van der Waals surface area contributed by atoms with Gasteiger partial charge in [-0.3, -0.25) is 4.79 Å². The van der Waals surface area contributed by atoms with E-state index in [-0.39, 0.29) is 6.42 Å². The van der Waals surface area contributed by atoms with Crippen molar-refractivity contribution in [3.8, 4) is 11.5 Å². The zero-order chi connectivity index (χ0) is 13.9. The Bertz CT molecular complexity index is 592. The fraction of sp³-hybridized carbons (Fsp3) is 0.429. The van der Waals surface area contributed by atoms with Gasteiger partial charge in [0.2, 0.25) is 0 Å². The summed E-state index contributed by atoms with van der Waals surface area (Å²) in [6, 6.07) is 3.78. The molecule has 2 heterocycles. The number of carboxylic acids is 1. The molecule has 6 heteroatoms. The van der Waals surface area contributed by atoms with Crippen molar-refractivity contribution in [3.05, 3.63) is 18.0 Å². The van der Waals surface area contributed by atoms with Crippen molar-refractivity contribution in [2.75, 3.05) is 13.2 Å². The number of aromatic amines is 1. The van der Waals surface area contributed by atoms with Crippen LogP contribution in [0.4, 0.5) is 0 Å². The van der Waals surface area contributed by atoms with E-state index in [2.05, 4.69) is 9.97 Å². The number of rotatable bonds is 5. The molecule has 0 radical (unpaired) electrons. The maximum absolute atomic E-state index is 10.4. The number of nitrogens with one attached hydrogen (secondary N) is 1. The number of imidazole rings is 1. The molecule has 0 saturated carbocycles. The number of carbonyl (C=O) groups is 1. The van der Waals surface area contributed by atoms with Gasteiger partial charge in [-0.25, -0.2) is 4.98 Å². The minimum absolute atomic E-state index is 0.205. The van der Waals surface area contributed by atoms with Crippen LogP contribution in [0.25, 0.3) is 11.0 Å². The zero-order valence-corrected chi connectivity index (χ0v) is 11.0. The van der Waals surface area contributed by atoms with Crippen molar-refractivity contribution in [2.45, 2.75) is 25.7 Å². The molecule has 0 fully saturated rings. The first kappa shape index (κ1) is 12.8. The van der Waals surface area contributed by atoms with Crippen molar-refractivity contribution in [2.24, 2.45) is 0 Å². The SMILES string of the molecule is O=C(O)CCCCc1nc2cc3c(cc2[nH]1)OCCO3. The Morgan fingerprint density at radius 3 is 2.75 bits per heavy atom. The molecule has 6 nitrogen and oxygen atoms in total. The van der Waals surface area contributed by atoms with Gasteiger partial charge in [0.05, 0.1) is 11.0 Å². The van der Waals surface area contributed by atoms with Crippen LogP contribution in [-0.2, 0) is 11.2 Å². The summed E-state index contributed by atoms with van der Waals surface area (Å²) in [5, 5.41) is 8.60. The molecule has 0 saturated heterocycles. The van der Waals surface area contributed by atoms with Crippen molar-refractivity contribution in [1.29, 1.82) is 0 Å². The number of benzene rings is 1. The van der Waals surface area contributed by atoms with Crippen LogP contribution in [-0.4, -0.2) is 34.3 Å². The molecular formula is C14H16N2O4. The van der Waals surface area contributed by atoms with Gasteiger partial charge < -0.3 is 19.6 Å². The fourth-order valence-electron chi connectivity index (χ4n) is 2.29. The van der Waals surface area contributed by atoms with Gasteiger partial charge in [0.15, 0.2) is 11.5 Å². The van der Waals surface area contributed by atoms with Crippen molar-refractivity contribution < 1.29 is 19.4 Å². The molecule has 1 aromatic carbocycles. The number of hydrogen-bond donors (Lipinski definition) is 2. The highest BCUT2D eigenvalue weighted by molar-refractivity contribution is 5.79. The normalized spacial score (nSPS) is 13.6. The standard InChI is InChI=1S/C14H16N2O4/c17-14(18)4-2-1-3-13-15-9-7-11-12(8-10(9)16-13)20-6-5-19-11/h7-8H,1-6H2,(H,15,16)(H,17,18). The first-order chi connectivity index (χ1) is 9.72. The van der Waals surface area contributed by atoms with Gasteiger partial charge in [0.1, 0.15) is 19.0 Å². The average molecular weight is 276 g/mol. The molecule has 1 aliphatic heterocycles. The average Bonchev–Trinajstić information content (AvgIpc) is 2.82. The van der Waals surface area contributed by atoms with Crippen LogP contribution in [0.1, 0.15) is 25.1 Å². The third-order valence-corrected chi connectivity index (χ3v) is 3.25. The molecular weight excluding hydrogens is 260 g/mol. The minimum atomic E-state index is -0.753. The molecule has 2 aromatic rings. The van der Waals surface area contributed by atoms with Gasteiger partial charge in [-0.1, -0.05) is 0 Å². The number of nitrogens with zero attached hydrogens (tertiary/aromatic N) is 1. The molecule has 0 bridgehead atoms. The molecule has 0 amide bonds. The highest BCUT2D eigenvalue weighted by atomic mass is 16.6. The van der Waals surface area contributed by atoms with Crippen molar-refractivity contribution in [3.63, 3.8) is 0 Å². The molecule has 0 atom stereocenters. The predicted molar refractivity (Wildman–Crippen MR) is 72.3 cm³/mol. The molecule has 0 unspecified atom stereocenters. The Morgan fingerprint density at radius 2 is 2.00 bits per heavy atom. The highest BCUT2D eigenvalue weighted by Crippen LogP contribution is 2.33. The largest absolute Gasteiger partial charge is 0.486 e. The first-order valence-corrected chi connectivity index (χ1v) is 6.72. The molecule has 2 N–H and O–H groups in total. The number of aryl methyl sites for hydroxylation is 1. The van der Waals surface area contributed by atoms with E-state index in [1.165, 1.54) is 0 Å². The second-order valence-corrected chi connectivity index (χ2v) is 4.80. The van der Waals surface area contributed by atoms with Gasteiger partial charge in [0.25, 0.3) is 0 Å². The lowest BCUT2D eigenvalue weighted by molar-refractivity contribution is -0.137. The second-order valence-electron chi connectivity index (χ2n) is 4.80. The smallest absolute Gasteiger partial charge is 0.303 e. The molecule has 0 aliphatic carbocycles. The van der Waals surface area contributed by atoms with E-state index in [1.54, 1.807) is 0 Å². The Labute approximate surface area is 115 Å².